The van der Waals surface area contributed by atoms with Gasteiger partial charge in [0, 0.05) is 11.1 Å². The Labute approximate surface area is 150 Å². The maximum absolute atomic E-state index is 11.6. The average molecular weight is 342 g/mol. The quantitative estimate of drug-likeness (QED) is 0.701. The second-order valence-corrected chi connectivity index (χ2v) is 5.54. The largest absolute Gasteiger partial charge is 0.478 e. The number of benzene rings is 3. The maximum Gasteiger partial charge on any atom is 0.336 e. The summed E-state index contributed by atoms with van der Waals surface area (Å²) in [6, 6.07) is 20.5. The zero-order valence-electron chi connectivity index (χ0n) is 13.6. The summed E-state index contributed by atoms with van der Waals surface area (Å²) >= 11 is 0. The number of hydrogen-bond acceptors (Lipinski definition) is 2. The number of carboxylic acids is 2. The Bertz CT molecular complexity index is 1040. The van der Waals surface area contributed by atoms with Gasteiger partial charge in [-0.25, -0.2) is 9.59 Å². The molecular formula is C22H14O4. The maximum atomic E-state index is 11.6. The van der Waals surface area contributed by atoms with E-state index in [0.29, 0.717) is 16.7 Å². The van der Waals surface area contributed by atoms with Gasteiger partial charge in [-0.1, -0.05) is 54.3 Å². The van der Waals surface area contributed by atoms with E-state index in [0.717, 1.165) is 5.56 Å². The summed E-state index contributed by atoms with van der Waals surface area (Å²) in [7, 11) is 0. The molecule has 3 aromatic carbocycles. The van der Waals surface area contributed by atoms with Crippen LogP contribution >= 0.6 is 0 Å². The second-order valence-electron chi connectivity index (χ2n) is 5.54. The minimum atomic E-state index is -1.08. The van der Waals surface area contributed by atoms with Gasteiger partial charge in [0.2, 0.25) is 0 Å². The van der Waals surface area contributed by atoms with Crippen molar-refractivity contribution < 1.29 is 19.8 Å². The third-order valence-electron chi connectivity index (χ3n) is 3.82. The molecule has 0 saturated carbocycles. The monoisotopic (exact) mass is 342 g/mol. The summed E-state index contributed by atoms with van der Waals surface area (Å²) in [4.78, 5) is 22.9. The van der Waals surface area contributed by atoms with Crippen molar-refractivity contribution >= 4 is 11.9 Å². The molecule has 3 rings (SSSR count). The zero-order valence-corrected chi connectivity index (χ0v) is 13.6. The van der Waals surface area contributed by atoms with Gasteiger partial charge in [-0.2, -0.15) is 0 Å². The number of aromatic carboxylic acids is 2. The van der Waals surface area contributed by atoms with E-state index >= 15 is 0 Å². The van der Waals surface area contributed by atoms with Crippen LogP contribution in [0.1, 0.15) is 31.8 Å². The summed E-state index contributed by atoms with van der Waals surface area (Å²) < 4.78 is 0. The Morgan fingerprint density at radius 1 is 0.731 bits per heavy atom. The SMILES string of the molecule is O=C(O)c1cccc(-c2cccc(C(=O)O)c2C#Cc2ccccc2)c1. The third kappa shape index (κ3) is 3.63. The van der Waals surface area contributed by atoms with Crippen molar-refractivity contribution in [3.63, 3.8) is 0 Å². The summed E-state index contributed by atoms with van der Waals surface area (Å²) in [5.74, 6) is 3.79. The molecule has 4 nitrogen and oxygen atoms in total. The fraction of sp³-hybridized carbons (Fsp3) is 0. The van der Waals surface area contributed by atoms with Crippen molar-refractivity contribution in [3.8, 4) is 23.0 Å². The minimum absolute atomic E-state index is 0.0756. The first kappa shape index (κ1) is 17.0. The van der Waals surface area contributed by atoms with Crippen LogP contribution in [-0.2, 0) is 0 Å². The first-order valence-electron chi connectivity index (χ1n) is 7.83. The summed E-state index contributed by atoms with van der Waals surface area (Å²) in [6.45, 7) is 0. The van der Waals surface area contributed by atoms with Gasteiger partial charge in [0.15, 0.2) is 0 Å². The predicted molar refractivity (Wildman–Crippen MR) is 98.2 cm³/mol. The van der Waals surface area contributed by atoms with Crippen LogP contribution in [0.2, 0.25) is 0 Å². The van der Waals surface area contributed by atoms with Crippen molar-refractivity contribution in [2.24, 2.45) is 0 Å². The molecule has 0 aliphatic rings. The summed E-state index contributed by atoms with van der Waals surface area (Å²) in [5.41, 5.74) is 2.50. The Kier molecular flexibility index (Phi) is 4.82. The highest BCUT2D eigenvalue weighted by Crippen LogP contribution is 2.27. The van der Waals surface area contributed by atoms with Gasteiger partial charge in [-0.05, 0) is 41.5 Å². The van der Waals surface area contributed by atoms with Crippen molar-refractivity contribution in [1.82, 2.24) is 0 Å². The summed E-state index contributed by atoms with van der Waals surface area (Å²) in [5, 5.41) is 18.7. The zero-order chi connectivity index (χ0) is 18.5. The molecule has 0 aromatic heterocycles. The summed E-state index contributed by atoms with van der Waals surface area (Å²) in [6.07, 6.45) is 0. The van der Waals surface area contributed by atoms with Gasteiger partial charge in [0.1, 0.15) is 0 Å². The standard InChI is InChI=1S/C22H14O4/c23-21(24)17-9-4-8-16(14-17)18-10-5-11-20(22(25)26)19(18)13-12-15-6-2-1-3-7-15/h1-11,14H,(H,23,24)(H,25,26). The average Bonchev–Trinajstić information content (AvgIpc) is 2.67. The lowest BCUT2D eigenvalue weighted by atomic mass is 9.94. The molecule has 0 fully saturated rings. The first-order chi connectivity index (χ1) is 12.6. The number of rotatable bonds is 3. The fourth-order valence-corrected chi connectivity index (χ4v) is 2.58. The Morgan fingerprint density at radius 3 is 2.15 bits per heavy atom. The van der Waals surface area contributed by atoms with Gasteiger partial charge in [-0.15, -0.1) is 0 Å². The second kappa shape index (κ2) is 7.37. The van der Waals surface area contributed by atoms with Gasteiger partial charge < -0.3 is 10.2 Å². The van der Waals surface area contributed by atoms with E-state index in [9.17, 15) is 19.8 Å². The van der Waals surface area contributed by atoms with Crippen LogP contribution in [-0.4, -0.2) is 22.2 Å². The third-order valence-corrected chi connectivity index (χ3v) is 3.82. The normalized spacial score (nSPS) is 9.85. The molecule has 3 aromatic rings. The molecule has 0 atom stereocenters. The Hall–Kier alpha value is -3.84. The molecule has 4 heteroatoms. The molecule has 0 bridgehead atoms. The molecule has 0 amide bonds. The topological polar surface area (TPSA) is 74.6 Å². The van der Waals surface area contributed by atoms with Crippen molar-refractivity contribution in [3.05, 3.63) is 95.1 Å². The van der Waals surface area contributed by atoms with Crippen LogP contribution in [0, 0.1) is 11.8 Å². The number of hydrogen-bond donors (Lipinski definition) is 2. The van der Waals surface area contributed by atoms with Gasteiger partial charge in [0.05, 0.1) is 11.1 Å². The highest BCUT2D eigenvalue weighted by molar-refractivity contribution is 5.95. The number of carboxylic acid groups (broad SMARTS) is 2. The van der Waals surface area contributed by atoms with Crippen LogP contribution in [0.25, 0.3) is 11.1 Å². The van der Waals surface area contributed by atoms with Crippen molar-refractivity contribution in [1.29, 1.82) is 0 Å². The smallest absolute Gasteiger partial charge is 0.336 e. The minimum Gasteiger partial charge on any atom is -0.478 e. The van der Waals surface area contributed by atoms with E-state index < -0.39 is 11.9 Å². The molecule has 0 unspecified atom stereocenters. The van der Waals surface area contributed by atoms with Crippen LogP contribution in [0.4, 0.5) is 0 Å². The van der Waals surface area contributed by atoms with E-state index in [2.05, 4.69) is 11.8 Å². The first-order valence-corrected chi connectivity index (χ1v) is 7.83. The van der Waals surface area contributed by atoms with E-state index in [1.165, 1.54) is 18.2 Å². The van der Waals surface area contributed by atoms with E-state index in [1.54, 1.807) is 24.3 Å². The van der Waals surface area contributed by atoms with Crippen molar-refractivity contribution in [2.75, 3.05) is 0 Å². The molecule has 0 spiro atoms. The van der Waals surface area contributed by atoms with E-state index in [-0.39, 0.29) is 11.1 Å². The van der Waals surface area contributed by atoms with Crippen molar-refractivity contribution in [2.45, 2.75) is 0 Å². The molecule has 2 N–H and O–H groups in total. The predicted octanol–water partition coefficient (Wildman–Crippen LogP) is 4.15. The van der Waals surface area contributed by atoms with E-state index in [1.807, 2.05) is 30.3 Å². The van der Waals surface area contributed by atoms with Crippen LogP contribution in [0.5, 0.6) is 0 Å². The van der Waals surface area contributed by atoms with E-state index in [4.69, 9.17) is 0 Å². The molecule has 0 heterocycles. The number of carbonyl (C=O) groups is 2. The molecular weight excluding hydrogens is 328 g/mol. The lowest BCUT2D eigenvalue weighted by Crippen LogP contribution is -2.02. The van der Waals surface area contributed by atoms with Gasteiger partial charge >= 0.3 is 11.9 Å². The molecule has 26 heavy (non-hydrogen) atoms. The molecule has 0 saturated heterocycles. The molecule has 0 aliphatic carbocycles. The van der Waals surface area contributed by atoms with Crippen LogP contribution in [0.3, 0.4) is 0 Å². The highest BCUT2D eigenvalue weighted by Gasteiger charge is 2.14. The van der Waals surface area contributed by atoms with Crippen LogP contribution < -0.4 is 0 Å². The lowest BCUT2D eigenvalue weighted by Gasteiger charge is -2.09. The molecule has 0 aliphatic heterocycles. The fourth-order valence-electron chi connectivity index (χ4n) is 2.58. The van der Waals surface area contributed by atoms with Gasteiger partial charge in [0.25, 0.3) is 0 Å². The molecule has 126 valence electrons. The van der Waals surface area contributed by atoms with Gasteiger partial charge in [-0.3, -0.25) is 0 Å². The molecule has 0 radical (unpaired) electrons. The lowest BCUT2D eigenvalue weighted by molar-refractivity contribution is 0.0685. The Balaban J connectivity index is 2.19. The van der Waals surface area contributed by atoms with Crippen LogP contribution in [0.15, 0.2) is 72.8 Å². The highest BCUT2D eigenvalue weighted by atomic mass is 16.4. The Morgan fingerprint density at radius 2 is 1.46 bits per heavy atom.